The number of carbonyl (C=O) groups is 1. The van der Waals surface area contributed by atoms with Crippen LogP contribution in [0.1, 0.15) is 23.2 Å². The molecule has 0 aromatic heterocycles. The highest BCUT2D eigenvalue weighted by Gasteiger charge is 2.19. The van der Waals surface area contributed by atoms with Crippen molar-refractivity contribution in [2.24, 2.45) is 0 Å². The van der Waals surface area contributed by atoms with Gasteiger partial charge in [0, 0.05) is 16.7 Å². The van der Waals surface area contributed by atoms with Gasteiger partial charge in [0.2, 0.25) is 0 Å². The SMILES string of the molecule is O=C(NC1CCCSC1)c1cc(S)ccc1F. The number of thiol groups is 1. The number of benzene rings is 1. The number of nitrogens with one attached hydrogen (secondary N) is 1. The second-order valence-electron chi connectivity index (χ2n) is 4.05. The smallest absolute Gasteiger partial charge is 0.254 e. The maximum Gasteiger partial charge on any atom is 0.254 e. The Hall–Kier alpha value is -0.680. The van der Waals surface area contributed by atoms with Crippen LogP contribution in [0.15, 0.2) is 23.1 Å². The Kier molecular flexibility index (Phi) is 4.34. The van der Waals surface area contributed by atoms with Gasteiger partial charge in [-0.25, -0.2) is 4.39 Å². The standard InChI is InChI=1S/C12H14FNOS2/c13-11-4-3-9(16)6-10(11)12(15)14-8-2-1-5-17-7-8/h3-4,6,8,16H,1-2,5,7H2,(H,14,15). The Morgan fingerprint density at radius 1 is 1.53 bits per heavy atom. The zero-order valence-electron chi connectivity index (χ0n) is 9.28. The fourth-order valence-electron chi connectivity index (χ4n) is 1.80. The van der Waals surface area contributed by atoms with Crippen LogP contribution < -0.4 is 5.32 Å². The maximum atomic E-state index is 13.5. The Morgan fingerprint density at radius 2 is 2.35 bits per heavy atom. The topological polar surface area (TPSA) is 29.1 Å². The maximum absolute atomic E-state index is 13.5. The van der Waals surface area contributed by atoms with E-state index in [1.807, 2.05) is 11.8 Å². The van der Waals surface area contributed by atoms with Crippen LogP contribution in [0.4, 0.5) is 4.39 Å². The lowest BCUT2D eigenvalue weighted by Gasteiger charge is -2.22. The summed E-state index contributed by atoms with van der Waals surface area (Å²) in [5.41, 5.74) is 0.0769. The number of amides is 1. The second-order valence-corrected chi connectivity index (χ2v) is 5.72. The first-order valence-electron chi connectivity index (χ1n) is 5.54. The van der Waals surface area contributed by atoms with E-state index in [0.717, 1.165) is 24.3 Å². The molecule has 0 radical (unpaired) electrons. The van der Waals surface area contributed by atoms with Crippen LogP contribution in [0.25, 0.3) is 0 Å². The third kappa shape index (κ3) is 3.39. The molecule has 92 valence electrons. The molecule has 1 aliphatic rings. The zero-order chi connectivity index (χ0) is 12.3. The fraction of sp³-hybridized carbons (Fsp3) is 0.417. The van der Waals surface area contributed by atoms with E-state index in [1.54, 1.807) is 0 Å². The van der Waals surface area contributed by atoms with E-state index in [1.165, 1.54) is 18.2 Å². The minimum Gasteiger partial charge on any atom is -0.348 e. The summed E-state index contributed by atoms with van der Waals surface area (Å²) in [6.45, 7) is 0. The van der Waals surface area contributed by atoms with E-state index >= 15 is 0 Å². The number of thioether (sulfide) groups is 1. The molecule has 2 nitrogen and oxygen atoms in total. The third-order valence-electron chi connectivity index (χ3n) is 2.69. The van der Waals surface area contributed by atoms with Gasteiger partial charge in [0.1, 0.15) is 5.82 Å². The normalized spacial score (nSPS) is 20.0. The van der Waals surface area contributed by atoms with Crippen molar-refractivity contribution in [1.29, 1.82) is 0 Å². The lowest BCUT2D eigenvalue weighted by Crippen LogP contribution is -2.38. The molecule has 1 aliphatic heterocycles. The third-order valence-corrected chi connectivity index (χ3v) is 4.18. The molecular formula is C12H14FNOS2. The molecule has 1 aromatic rings. The minimum absolute atomic E-state index is 0.0769. The second kappa shape index (κ2) is 5.78. The van der Waals surface area contributed by atoms with E-state index in [9.17, 15) is 9.18 Å². The van der Waals surface area contributed by atoms with Crippen LogP contribution in [-0.4, -0.2) is 23.5 Å². The van der Waals surface area contributed by atoms with Crippen molar-refractivity contribution in [3.8, 4) is 0 Å². The summed E-state index contributed by atoms with van der Waals surface area (Å²) in [7, 11) is 0. The molecule has 1 heterocycles. The molecular weight excluding hydrogens is 257 g/mol. The van der Waals surface area contributed by atoms with Gasteiger partial charge >= 0.3 is 0 Å². The van der Waals surface area contributed by atoms with Crippen LogP contribution in [0, 0.1) is 5.82 Å². The molecule has 1 amide bonds. The molecule has 1 unspecified atom stereocenters. The number of hydrogen-bond donors (Lipinski definition) is 2. The van der Waals surface area contributed by atoms with Crippen molar-refractivity contribution in [3.05, 3.63) is 29.6 Å². The molecule has 0 bridgehead atoms. The van der Waals surface area contributed by atoms with Gasteiger partial charge in [0.15, 0.2) is 0 Å². The summed E-state index contributed by atoms with van der Waals surface area (Å²) in [4.78, 5) is 12.5. The van der Waals surface area contributed by atoms with Crippen molar-refractivity contribution in [2.45, 2.75) is 23.8 Å². The predicted octanol–water partition coefficient (Wildman–Crippen LogP) is 2.74. The molecule has 1 saturated heterocycles. The van der Waals surface area contributed by atoms with E-state index in [4.69, 9.17) is 0 Å². The largest absolute Gasteiger partial charge is 0.348 e. The fourth-order valence-corrected chi connectivity index (χ4v) is 3.08. The molecule has 0 spiro atoms. The first-order chi connectivity index (χ1) is 8.16. The van der Waals surface area contributed by atoms with Gasteiger partial charge in [-0.3, -0.25) is 4.79 Å². The Bertz CT molecular complexity index is 419. The molecule has 1 atom stereocenters. The van der Waals surface area contributed by atoms with Crippen molar-refractivity contribution in [2.75, 3.05) is 11.5 Å². The molecule has 0 saturated carbocycles. The molecule has 2 rings (SSSR count). The summed E-state index contributed by atoms with van der Waals surface area (Å²) >= 11 is 5.94. The lowest BCUT2D eigenvalue weighted by molar-refractivity contribution is 0.0934. The average molecular weight is 271 g/mol. The van der Waals surface area contributed by atoms with E-state index in [2.05, 4.69) is 17.9 Å². The minimum atomic E-state index is -0.497. The number of halogens is 1. The highest BCUT2D eigenvalue weighted by atomic mass is 32.2. The molecule has 17 heavy (non-hydrogen) atoms. The van der Waals surface area contributed by atoms with Crippen LogP contribution in [0.5, 0.6) is 0 Å². The lowest BCUT2D eigenvalue weighted by atomic mass is 10.1. The Balaban J connectivity index is 2.05. The highest BCUT2D eigenvalue weighted by molar-refractivity contribution is 7.99. The van der Waals surface area contributed by atoms with Gasteiger partial charge in [-0.2, -0.15) is 11.8 Å². The first-order valence-corrected chi connectivity index (χ1v) is 7.14. The Morgan fingerprint density at radius 3 is 3.06 bits per heavy atom. The van der Waals surface area contributed by atoms with Crippen molar-refractivity contribution < 1.29 is 9.18 Å². The van der Waals surface area contributed by atoms with Crippen LogP contribution in [-0.2, 0) is 0 Å². The number of carbonyl (C=O) groups excluding carboxylic acids is 1. The average Bonchev–Trinajstić information content (AvgIpc) is 2.33. The van der Waals surface area contributed by atoms with Gasteiger partial charge in [0.25, 0.3) is 5.91 Å². The molecule has 5 heteroatoms. The van der Waals surface area contributed by atoms with Crippen molar-refractivity contribution >= 4 is 30.3 Å². The quantitative estimate of drug-likeness (QED) is 0.810. The summed E-state index contributed by atoms with van der Waals surface area (Å²) in [6.07, 6.45) is 2.08. The number of rotatable bonds is 2. The van der Waals surface area contributed by atoms with E-state index in [-0.39, 0.29) is 17.5 Å². The molecule has 1 aromatic carbocycles. The molecule has 0 aliphatic carbocycles. The van der Waals surface area contributed by atoms with Gasteiger partial charge in [-0.1, -0.05) is 0 Å². The van der Waals surface area contributed by atoms with Crippen LogP contribution in [0.2, 0.25) is 0 Å². The summed E-state index contributed by atoms with van der Waals surface area (Å²) < 4.78 is 13.5. The monoisotopic (exact) mass is 271 g/mol. The van der Waals surface area contributed by atoms with Gasteiger partial charge in [-0.05, 0) is 36.8 Å². The van der Waals surface area contributed by atoms with Gasteiger partial charge < -0.3 is 5.32 Å². The van der Waals surface area contributed by atoms with E-state index in [0.29, 0.717) is 4.90 Å². The van der Waals surface area contributed by atoms with Crippen LogP contribution >= 0.6 is 24.4 Å². The molecule has 1 fully saturated rings. The van der Waals surface area contributed by atoms with Crippen LogP contribution in [0.3, 0.4) is 0 Å². The summed E-state index contributed by atoms with van der Waals surface area (Å²) in [5, 5.41) is 2.87. The first kappa shape index (κ1) is 12.8. The summed E-state index contributed by atoms with van der Waals surface area (Å²) in [5.74, 6) is 1.22. The molecule has 1 N–H and O–H groups in total. The van der Waals surface area contributed by atoms with Gasteiger partial charge in [0.05, 0.1) is 5.56 Å². The Labute approximate surface area is 110 Å². The zero-order valence-corrected chi connectivity index (χ0v) is 11.0. The van der Waals surface area contributed by atoms with Gasteiger partial charge in [-0.15, -0.1) is 12.6 Å². The predicted molar refractivity (Wildman–Crippen MR) is 71.5 cm³/mol. The van der Waals surface area contributed by atoms with E-state index < -0.39 is 5.82 Å². The van der Waals surface area contributed by atoms with Crippen molar-refractivity contribution in [1.82, 2.24) is 5.32 Å². The highest BCUT2D eigenvalue weighted by Crippen LogP contribution is 2.18. The summed E-state index contributed by atoms with van der Waals surface area (Å²) in [6, 6.07) is 4.42. The number of hydrogen-bond acceptors (Lipinski definition) is 3. The van der Waals surface area contributed by atoms with Crippen molar-refractivity contribution in [3.63, 3.8) is 0 Å².